The van der Waals surface area contributed by atoms with Crippen molar-refractivity contribution in [1.29, 1.82) is 0 Å². The second-order valence-electron chi connectivity index (χ2n) is 6.34. The molecule has 1 aromatic carbocycles. The Morgan fingerprint density at radius 3 is 2.75 bits per heavy atom. The van der Waals surface area contributed by atoms with E-state index in [9.17, 15) is 4.79 Å². The minimum Gasteiger partial charge on any atom is -0.444 e. The first-order valence-corrected chi connectivity index (χ1v) is 7.19. The van der Waals surface area contributed by atoms with Gasteiger partial charge in [0.05, 0.1) is 0 Å². The zero-order valence-corrected chi connectivity index (χ0v) is 12.7. The number of rotatable bonds is 3. The average Bonchev–Trinajstić information content (AvgIpc) is 2.64. The van der Waals surface area contributed by atoms with Gasteiger partial charge in [-0.2, -0.15) is 0 Å². The molecule has 0 spiro atoms. The molecule has 4 heteroatoms. The number of anilines is 1. The molecule has 1 aliphatic heterocycles. The van der Waals surface area contributed by atoms with E-state index in [-0.39, 0.29) is 6.09 Å². The molecule has 0 radical (unpaired) electrons. The van der Waals surface area contributed by atoms with Crippen molar-refractivity contribution in [2.24, 2.45) is 0 Å². The molecule has 0 fully saturated rings. The fraction of sp³-hybridized carbons (Fsp3) is 0.562. The highest BCUT2D eigenvalue weighted by Crippen LogP contribution is 2.37. The first kappa shape index (κ1) is 14.7. The van der Waals surface area contributed by atoms with Crippen LogP contribution in [0.5, 0.6) is 0 Å². The average molecular weight is 276 g/mol. The molecular weight excluding hydrogens is 252 g/mol. The van der Waals surface area contributed by atoms with Crippen LogP contribution in [0.2, 0.25) is 0 Å². The van der Waals surface area contributed by atoms with Gasteiger partial charge in [0.15, 0.2) is 0 Å². The highest BCUT2D eigenvalue weighted by Gasteiger charge is 2.28. The lowest BCUT2D eigenvalue weighted by Crippen LogP contribution is -2.34. The van der Waals surface area contributed by atoms with Gasteiger partial charge in [0.25, 0.3) is 0 Å². The number of carbonyl (C=O) groups excluding carboxylic acids is 1. The SMILES string of the molecule is C[C@H]1Nc2ccccc2[C@@H]1CCNC(=O)OC(C)(C)C. The van der Waals surface area contributed by atoms with Gasteiger partial charge in [-0.05, 0) is 45.7 Å². The second kappa shape index (κ2) is 5.73. The summed E-state index contributed by atoms with van der Waals surface area (Å²) in [7, 11) is 0. The number of amides is 1. The molecule has 4 nitrogen and oxygen atoms in total. The summed E-state index contributed by atoms with van der Waals surface area (Å²) in [6.07, 6.45) is 0.564. The Kier molecular flexibility index (Phi) is 4.21. The molecular formula is C16H24N2O2. The monoisotopic (exact) mass is 276 g/mol. The smallest absolute Gasteiger partial charge is 0.407 e. The van der Waals surface area contributed by atoms with Crippen molar-refractivity contribution in [2.45, 2.75) is 51.7 Å². The molecule has 0 saturated carbocycles. The van der Waals surface area contributed by atoms with Crippen LogP contribution in [0.4, 0.5) is 10.5 Å². The summed E-state index contributed by atoms with van der Waals surface area (Å²) in [5.74, 6) is 0.432. The van der Waals surface area contributed by atoms with Gasteiger partial charge in [0, 0.05) is 24.2 Å². The van der Waals surface area contributed by atoms with Crippen LogP contribution in [0, 0.1) is 0 Å². The molecule has 0 unspecified atom stereocenters. The summed E-state index contributed by atoms with van der Waals surface area (Å²) in [4.78, 5) is 11.6. The van der Waals surface area contributed by atoms with E-state index in [0.29, 0.717) is 18.5 Å². The van der Waals surface area contributed by atoms with Crippen LogP contribution in [-0.2, 0) is 4.74 Å². The minimum atomic E-state index is -0.446. The molecule has 1 amide bonds. The van der Waals surface area contributed by atoms with Crippen LogP contribution < -0.4 is 10.6 Å². The number of ether oxygens (including phenoxy) is 1. The molecule has 2 rings (SSSR count). The largest absolute Gasteiger partial charge is 0.444 e. The van der Waals surface area contributed by atoms with Crippen molar-refractivity contribution < 1.29 is 9.53 Å². The van der Waals surface area contributed by atoms with E-state index in [1.165, 1.54) is 11.3 Å². The fourth-order valence-electron chi connectivity index (χ4n) is 2.62. The van der Waals surface area contributed by atoms with E-state index in [1.807, 2.05) is 26.8 Å². The Labute approximate surface area is 120 Å². The number of alkyl carbamates (subject to hydrolysis) is 1. The maximum Gasteiger partial charge on any atom is 0.407 e. The highest BCUT2D eigenvalue weighted by atomic mass is 16.6. The Hall–Kier alpha value is -1.71. The standard InChI is InChI=1S/C16H24N2O2/c1-11-12(13-7-5-6-8-14(13)18-11)9-10-17-15(19)20-16(2,3)4/h5-8,11-12,18H,9-10H2,1-4H3,(H,17,19)/t11-,12-/m1/s1. The van der Waals surface area contributed by atoms with Crippen LogP contribution in [0.3, 0.4) is 0 Å². The summed E-state index contributed by atoms with van der Waals surface area (Å²) in [5, 5.41) is 6.31. The van der Waals surface area contributed by atoms with Crippen molar-refractivity contribution in [2.75, 3.05) is 11.9 Å². The molecule has 0 bridgehead atoms. The molecule has 1 heterocycles. The zero-order valence-electron chi connectivity index (χ0n) is 12.7. The summed E-state index contributed by atoms with van der Waals surface area (Å²) in [5.41, 5.74) is 2.10. The summed E-state index contributed by atoms with van der Waals surface area (Å²) in [6.45, 7) is 8.40. The van der Waals surface area contributed by atoms with Crippen LogP contribution in [0.1, 0.15) is 45.6 Å². The summed E-state index contributed by atoms with van der Waals surface area (Å²) in [6, 6.07) is 8.76. The third-order valence-corrected chi connectivity index (χ3v) is 3.47. The van der Waals surface area contributed by atoms with Crippen LogP contribution in [-0.4, -0.2) is 24.3 Å². The predicted octanol–water partition coefficient (Wildman–Crippen LogP) is 3.50. The van der Waals surface area contributed by atoms with Crippen molar-refractivity contribution in [3.05, 3.63) is 29.8 Å². The van der Waals surface area contributed by atoms with Crippen LogP contribution >= 0.6 is 0 Å². The van der Waals surface area contributed by atoms with E-state index in [0.717, 1.165) is 6.42 Å². The quantitative estimate of drug-likeness (QED) is 0.888. The fourth-order valence-corrected chi connectivity index (χ4v) is 2.62. The third-order valence-electron chi connectivity index (χ3n) is 3.47. The molecule has 20 heavy (non-hydrogen) atoms. The lowest BCUT2D eigenvalue weighted by atomic mass is 9.93. The van der Waals surface area contributed by atoms with Gasteiger partial charge in [0.2, 0.25) is 0 Å². The molecule has 1 aliphatic rings. The molecule has 1 aromatic rings. The van der Waals surface area contributed by atoms with Crippen molar-refractivity contribution in [3.8, 4) is 0 Å². The van der Waals surface area contributed by atoms with Gasteiger partial charge >= 0.3 is 6.09 Å². The lowest BCUT2D eigenvalue weighted by Gasteiger charge is -2.21. The number of hydrogen-bond acceptors (Lipinski definition) is 3. The van der Waals surface area contributed by atoms with E-state index in [4.69, 9.17) is 4.74 Å². The van der Waals surface area contributed by atoms with E-state index < -0.39 is 5.60 Å². The minimum absolute atomic E-state index is 0.343. The van der Waals surface area contributed by atoms with Crippen molar-refractivity contribution >= 4 is 11.8 Å². The van der Waals surface area contributed by atoms with Gasteiger partial charge in [-0.3, -0.25) is 0 Å². The third kappa shape index (κ3) is 3.65. The van der Waals surface area contributed by atoms with Gasteiger partial charge < -0.3 is 15.4 Å². The van der Waals surface area contributed by atoms with Gasteiger partial charge in [0.1, 0.15) is 5.60 Å². The number of para-hydroxylation sites is 1. The Morgan fingerprint density at radius 2 is 2.05 bits per heavy atom. The van der Waals surface area contributed by atoms with Crippen LogP contribution in [0.15, 0.2) is 24.3 Å². The Morgan fingerprint density at radius 1 is 1.35 bits per heavy atom. The van der Waals surface area contributed by atoms with E-state index in [2.05, 4.69) is 35.8 Å². The topological polar surface area (TPSA) is 50.4 Å². The molecule has 2 atom stereocenters. The maximum atomic E-state index is 11.6. The zero-order chi connectivity index (χ0) is 14.8. The summed E-state index contributed by atoms with van der Waals surface area (Å²) >= 11 is 0. The molecule has 2 N–H and O–H groups in total. The number of hydrogen-bond donors (Lipinski definition) is 2. The molecule has 0 saturated heterocycles. The normalized spacial score (nSPS) is 21.0. The van der Waals surface area contributed by atoms with Crippen molar-refractivity contribution in [1.82, 2.24) is 5.32 Å². The number of nitrogens with one attached hydrogen (secondary N) is 2. The first-order chi connectivity index (χ1) is 9.37. The summed E-state index contributed by atoms with van der Waals surface area (Å²) < 4.78 is 5.23. The van der Waals surface area contributed by atoms with Gasteiger partial charge in [-0.25, -0.2) is 4.79 Å². The molecule has 0 aromatic heterocycles. The Bertz CT molecular complexity index is 480. The van der Waals surface area contributed by atoms with E-state index in [1.54, 1.807) is 0 Å². The second-order valence-corrected chi connectivity index (χ2v) is 6.34. The highest BCUT2D eigenvalue weighted by molar-refractivity contribution is 5.67. The van der Waals surface area contributed by atoms with Crippen molar-refractivity contribution in [3.63, 3.8) is 0 Å². The maximum absolute atomic E-state index is 11.6. The number of benzene rings is 1. The molecule has 110 valence electrons. The number of fused-ring (bicyclic) bond motifs is 1. The van der Waals surface area contributed by atoms with Crippen LogP contribution in [0.25, 0.3) is 0 Å². The number of carbonyl (C=O) groups is 1. The predicted molar refractivity (Wildman–Crippen MR) is 81.1 cm³/mol. The van der Waals surface area contributed by atoms with E-state index >= 15 is 0 Å². The van der Waals surface area contributed by atoms with Gasteiger partial charge in [-0.1, -0.05) is 18.2 Å². The molecule has 0 aliphatic carbocycles. The first-order valence-electron chi connectivity index (χ1n) is 7.19. The van der Waals surface area contributed by atoms with Gasteiger partial charge in [-0.15, -0.1) is 0 Å². The lowest BCUT2D eigenvalue weighted by molar-refractivity contribution is 0.0526. The Balaban J connectivity index is 1.84.